The highest BCUT2D eigenvalue weighted by Gasteiger charge is 2.53. The Labute approximate surface area is 141 Å². The standard InChI is InChI=1S/C18H22N4O2/c1-17(2)14-6-7-22(16(24)12-9-20-21(5)10-12)11-18(14,3)8-13(19-4)15(17)23/h8-10,14H,6-7,11H2,1-3,5H3/t14-,18+/m1/s1. The first kappa shape index (κ1) is 16.4. The van der Waals surface area contributed by atoms with Crippen LogP contribution < -0.4 is 0 Å². The number of aromatic nitrogens is 2. The fourth-order valence-corrected chi connectivity index (χ4v) is 4.38. The highest BCUT2D eigenvalue weighted by atomic mass is 16.2. The second-order valence-corrected chi connectivity index (χ2v) is 7.67. The molecule has 1 fully saturated rings. The minimum Gasteiger partial charge on any atom is -0.338 e. The van der Waals surface area contributed by atoms with E-state index in [2.05, 4.69) is 16.9 Å². The summed E-state index contributed by atoms with van der Waals surface area (Å²) in [4.78, 5) is 30.5. The molecule has 6 nitrogen and oxygen atoms in total. The minimum absolute atomic E-state index is 0.0461. The molecule has 0 radical (unpaired) electrons. The Bertz CT molecular complexity index is 783. The zero-order valence-electron chi connectivity index (χ0n) is 14.5. The molecule has 0 spiro atoms. The number of piperidine rings is 1. The number of amides is 1. The summed E-state index contributed by atoms with van der Waals surface area (Å²) in [5.74, 6) is 0.00297. The van der Waals surface area contributed by atoms with Crippen molar-refractivity contribution >= 4 is 11.7 Å². The summed E-state index contributed by atoms with van der Waals surface area (Å²) in [6, 6.07) is 0. The summed E-state index contributed by atoms with van der Waals surface area (Å²) in [6.07, 6.45) is 5.83. The summed E-state index contributed by atoms with van der Waals surface area (Å²) >= 11 is 0. The molecule has 6 heteroatoms. The zero-order valence-corrected chi connectivity index (χ0v) is 14.5. The van der Waals surface area contributed by atoms with Gasteiger partial charge in [-0.25, -0.2) is 4.85 Å². The number of aryl methyl sites for hydroxylation is 1. The third kappa shape index (κ3) is 2.35. The Kier molecular flexibility index (Phi) is 3.63. The summed E-state index contributed by atoms with van der Waals surface area (Å²) in [6.45, 7) is 14.4. The number of likely N-dealkylation sites (tertiary alicyclic amines) is 1. The van der Waals surface area contributed by atoms with Crippen LogP contribution in [0.5, 0.6) is 0 Å². The van der Waals surface area contributed by atoms with Crippen LogP contribution in [0.3, 0.4) is 0 Å². The number of carbonyl (C=O) groups excluding carboxylic acids is 2. The predicted molar refractivity (Wildman–Crippen MR) is 88.8 cm³/mol. The molecule has 2 heterocycles. The van der Waals surface area contributed by atoms with Gasteiger partial charge in [0, 0.05) is 31.7 Å². The molecule has 2 atom stereocenters. The molecule has 0 bridgehead atoms. The number of Topliss-reactive ketones (excluding diaryl/α,β-unsaturated/α-hetero) is 1. The van der Waals surface area contributed by atoms with Crippen molar-refractivity contribution < 1.29 is 9.59 Å². The highest BCUT2D eigenvalue weighted by Crippen LogP contribution is 2.52. The molecular formula is C18H22N4O2. The van der Waals surface area contributed by atoms with E-state index in [1.807, 2.05) is 18.7 Å². The summed E-state index contributed by atoms with van der Waals surface area (Å²) in [5.41, 5.74) is -0.172. The van der Waals surface area contributed by atoms with Gasteiger partial charge in [0.2, 0.25) is 5.70 Å². The molecule has 1 amide bonds. The predicted octanol–water partition coefficient (Wildman–Crippen LogP) is 2.30. The van der Waals surface area contributed by atoms with Crippen LogP contribution in [-0.2, 0) is 11.8 Å². The smallest absolute Gasteiger partial charge is 0.257 e. The van der Waals surface area contributed by atoms with Crippen LogP contribution in [0.1, 0.15) is 37.6 Å². The van der Waals surface area contributed by atoms with Crippen LogP contribution in [0.4, 0.5) is 0 Å². The highest BCUT2D eigenvalue weighted by molar-refractivity contribution is 6.02. The van der Waals surface area contributed by atoms with E-state index in [1.54, 1.807) is 30.2 Å². The van der Waals surface area contributed by atoms with Crippen molar-refractivity contribution in [2.75, 3.05) is 13.1 Å². The van der Waals surface area contributed by atoms with Crippen LogP contribution in [-0.4, -0.2) is 39.5 Å². The summed E-state index contributed by atoms with van der Waals surface area (Å²) in [7, 11) is 1.78. The van der Waals surface area contributed by atoms with Gasteiger partial charge < -0.3 is 9.69 Å². The quantitative estimate of drug-likeness (QED) is 0.744. The van der Waals surface area contributed by atoms with Crippen molar-refractivity contribution in [1.29, 1.82) is 0 Å². The van der Waals surface area contributed by atoms with E-state index in [0.717, 1.165) is 6.42 Å². The van der Waals surface area contributed by atoms with E-state index in [4.69, 9.17) is 6.57 Å². The molecule has 1 aliphatic carbocycles. The Morgan fingerprint density at radius 2 is 2.12 bits per heavy atom. The molecule has 126 valence electrons. The Hall–Kier alpha value is -2.42. The molecule has 0 unspecified atom stereocenters. The average Bonchev–Trinajstić information content (AvgIpc) is 2.96. The molecule has 1 saturated heterocycles. The van der Waals surface area contributed by atoms with Crippen molar-refractivity contribution in [2.24, 2.45) is 23.8 Å². The first-order valence-electron chi connectivity index (χ1n) is 8.12. The number of ketones is 1. The second kappa shape index (κ2) is 5.30. The van der Waals surface area contributed by atoms with Crippen molar-refractivity contribution in [3.05, 3.63) is 41.1 Å². The lowest BCUT2D eigenvalue weighted by atomic mass is 9.55. The van der Waals surface area contributed by atoms with Crippen molar-refractivity contribution in [2.45, 2.75) is 27.2 Å². The first-order valence-corrected chi connectivity index (χ1v) is 8.12. The molecule has 0 aromatic carbocycles. The fourth-order valence-electron chi connectivity index (χ4n) is 4.38. The maximum Gasteiger partial charge on any atom is 0.257 e. The number of rotatable bonds is 1. The molecule has 1 aromatic rings. The second-order valence-electron chi connectivity index (χ2n) is 7.67. The molecular weight excluding hydrogens is 304 g/mol. The molecule has 0 N–H and O–H groups in total. The lowest BCUT2D eigenvalue weighted by molar-refractivity contribution is -0.131. The van der Waals surface area contributed by atoms with Crippen LogP contribution in [0.25, 0.3) is 4.85 Å². The third-order valence-corrected chi connectivity index (χ3v) is 5.53. The third-order valence-electron chi connectivity index (χ3n) is 5.53. The van der Waals surface area contributed by atoms with Gasteiger partial charge in [-0.15, -0.1) is 0 Å². The van der Waals surface area contributed by atoms with Gasteiger partial charge in [0.05, 0.1) is 18.3 Å². The zero-order chi connectivity index (χ0) is 17.7. The van der Waals surface area contributed by atoms with Gasteiger partial charge in [-0.2, -0.15) is 5.10 Å². The van der Waals surface area contributed by atoms with Gasteiger partial charge in [-0.05, 0) is 17.8 Å². The maximum absolute atomic E-state index is 12.7. The van der Waals surface area contributed by atoms with E-state index in [1.165, 1.54) is 0 Å². The normalized spacial score (nSPS) is 28.8. The van der Waals surface area contributed by atoms with Crippen molar-refractivity contribution in [3.63, 3.8) is 0 Å². The van der Waals surface area contributed by atoms with E-state index in [9.17, 15) is 9.59 Å². The molecule has 3 rings (SSSR count). The Morgan fingerprint density at radius 3 is 2.71 bits per heavy atom. The van der Waals surface area contributed by atoms with E-state index in [0.29, 0.717) is 18.7 Å². The number of hydrogen-bond donors (Lipinski definition) is 0. The number of hydrogen-bond acceptors (Lipinski definition) is 3. The largest absolute Gasteiger partial charge is 0.338 e. The number of allylic oxidation sites excluding steroid dienone is 1. The topological polar surface area (TPSA) is 59.6 Å². The van der Waals surface area contributed by atoms with Gasteiger partial charge >= 0.3 is 0 Å². The monoisotopic (exact) mass is 326 g/mol. The van der Waals surface area contributed by atoms with Crippen LogP contribution in [0.2, 0.25) is 0 Å². The summed E-state index contributed by atoms with van der Waals surface area (Å²) in [5, 5.41) is 4.06. The molecule has 2 aliphatic rings. The first-order chi connectivity index (χ1) is 11.2. The fraction of sp³-hybridized carbons (Fsp3) is 0.556. The molecule has 0 saturated carbocycles. The van der Waals surface area contributed by atoms with Gasteiger partial charge in [0.1, 0.15) is 0 Å². The van der Waals surface area contributed by atoms with E-state index in [-0.39, 0.29) is 28.7 Å². The SMILES string of the molecule is [C-]#[N+]C1=C[C@@]2(C)CN(C(=O)c3cnn(C)c3)CC[C@@H]2C(C)(C)C1=O. The summed E-state index contributed by atoms with van der Waals surface area (Å²) < 4.78 is 1.61. The van der Waals surface area contributed by atoms with Gasteiger partial charge in [-0.1, -0.05) is 26.8 Å². The van der Waals surface area contributed by atoms with Crippen molar-refractivity contribution in [1.82, 2.24) is 14.7 Å². The average molecular weight is 326 g/mol. The lowest BCUT2D eigenvalue weighted by Crippen LogP contribution is -2.56. The van der Waals surface area contributed by atoms with Gasteiger partial charge in [0.25, 0.3) is 5.91 Å². The number of nitrogens with zero attached hydrogens (tertiary/aromatic N) is 4. The van der Waals surface area contributed by atoms with Crippen LogP contribution >= 0.6 is 0 Å². The van der Waals surface area contributed by atoms with Crippen molar-refractivity contribution in [3.8, 4) is 0 Å². The Balaban J connectivity index is 1.93. The molecule has 1 aliphatic heterocycles. The van der Waals surface area contributed by atoms with Gasteiger partial charge in [-0.3, -0.25) is 9.48 Å². The van der Waals surface area contributed by atoms with E-state index < -0.39 is 5.41 Å². The van der Waals surface area contributed by atoms with E-state index >= 15 is 0 Å². The lowest BCUT2D eigenvalue weighted by Gasteiger charge is -2.53. The molecule has 24 heavy (non-hydrogen) atoms. The molecule has 1 aromatic heterocycles. The minimum atomic E-state index is -0.577. The number of fused-ring (bicyclic) bond motifs is 1. The maximum atomic E-state index is 12.7. The number of carbonyl (C=O) groups is 2. The Morgan fingerprint density at radius 1 is 1.42 bits per heavy atom. The van der Waals surface area contributed by atoms with Crippen LogP contribution in [0, 0.1) is 23.3 Å². The van der Waals surface area contributed by atoms with Gasteiger partial charge in [0.15, 0.2) is 5.78 Å². The van der Waals surface area contributed by atoms with Crippen LogP contribution in [0.15, 0.2) is 24.2 Å².